The van der Waals surface area contributed by atoms with Crippen molar-refractivity contribution in [3.05, 3.63) is 87.4 Å². The van der Waals surface area contributed by atoms with Gasteiger partial charge in [0.1, 0.15) is 24.7 Å². The minimum absolute atomic E-state index is 0.0979. The molecule has 1 atom stereocenters. The van der Waals surface area contributed by atoms with E-state index in [1.807, 2.05) is 62.2 Å². The lowest BCUT2D eigenvalue weighted by Gasteiger charge is -2.40. The van der Waals surface area contributed by atoms with Crippen LogP contribution in [0.4, 0.5) is 4.39 Å². The average Bonchev–Trinajstić information content (AvgIpc) is 3.30. The number of carbonyl (C=O) groups excluding carboxylic acids is 2. The molecule has 35 heavy (non-hydrogen) atoms. The maximum absolute atomic E-state index is 13.8. The highest BCUT2D eigenvalue weighted by Crippen LogP contribution is 2.34. The minimum atomic E-state index is -0.629. The van der Waals surface area contributed by atoms with Crippen LogP contribution in [-0.4, -0.2) is 46.8 Å². The summed E-state index contributed by atoms with van der Waals surface area (Å²) in [6, 6.07) is 15.2. The number of benzene rings is 2. The quantitative estimate of drug-likeness (QED) is 0.446. The van der Waals surface area contributed by atoms with Crippen molar-refractivity contribution in [2.75, 3.05) is 19.7 Å². The van der Waals surface area contributed by atoms with Gasteiger partial charge in [0.25, 0.3) is 5.91 Å². The zero-order chi connectivity index (χ0) is 25.2. The molecule has 184 valence electrons. The van der Waals surface area contributed by atoms with Crippen LogP contribution in [0.25, 0.3) is 0 Å². The number of hydrogen-bond donors (Lipinski definition) is 0. The van der Waals surface area contributed by atoms with Gasteiger partial charge in [-0.05, 0) is 81.5 Å². The Balaban J connectivity index is 1.56. The number of aryl methyl sites for hydroxylation is 1. The maximum Gasteiger partial charge on any atom is 0.254 e. The molecule has 3 aromatic rings. The summed E-state index contributed by atoms with van der Waals surface area (Å²) in [6.45, 7) is 8.44. The van der Waals surface area contributed by atoms with Crippen LogP contribution in [0, 0.1) is 12.7 Å². The van der Waals surface area contributed by atoms with E-state index in [4.69, 9.17) is 4.74 Å². The van der Waals surface area contributed by atoms with Crippen LogP contribution in [0.1, 0.15) is 53.2 Å². The number of ether oxygens (including phenoxy) is 1. The summed E-state index contributed by atoms with van der Waals surface area (Å²) in [4.78, 5) is 31.6. The highest BCUT2D eigenvalue weighted by Gasteiger charge is 2.36. The molecule has 0 saturated carbocycles. The van der Waals surface area contributed by atoms with Crippen molar-refractivity contribution in [3.8, 4) is 5.75 Å². The van der Waals surface area contributed by atoms with Crippen molar-refractivity contribution in [2.45, 2.75) is 45.7 Å². The molecule has 0 radical (unpaired) electrons. The molecule has 0 unspecified atom stereocenters. The van der Waals surface area contributed by atoms with E-state index in [2.05, 4.69) is 6.07 Å². The molecule has 1 aliphatic rings. The molecule has 1 aromatic heterocycles. The topological polar surface area (TPSA) is 49.9 Å². The van der Waals surface area contributed by atoms with E-state index in [9.17, 15) is 14.0 Å². The monoisotopic (exact) mass is 494 g/mol. The van der Waals surface area contributed by atoms with Gasteiger partial charge in [0.2, 0.25) is 5.91 Å². The molecule has 1 aliphatic heterocycles. The first-order valence-electron chi connectivity index (χ1n) is 11.8. The van der Waals surface area contributed by atoms with Crippen LogP contribution >= 0.6 is 11.3 Å². The standard InChI is InChI=1S/C28H31FN2O3S/c1-19-8-10-22(11-9-19)34-18-24-23-13-15-35-25(23)12-14-30(24)26(32)17-31(28(2,3)4)27(33)20-6-5-7-21(29)16-20/h5-11,13,15-16,24H,12,14,17-18H2,1-4H3/t24-/m1/s1. The highest BCUT2D eigenvalue weighted by molar-refractivity contribution is 7.10. The number of rotatable bonds is 6. The molecule has 0 saturated heterocycles. The van der Waals surface area contributed by atoms with Gasteiger partial charge < -0.3 is 14.5 Å². The largest absolute Gasteiger partial charge is 0.491 e. The van der Waals surface area contributed by atoms with Crippen molar-refractivity contribution < 1.29 is 18.7 Å². The predicted octanol–water partition coefficient (Wildman–Crippen LogP) is 5.64. The summed E-state index contributed by atoms with van der Waals surface area (Å²) >= 11 is 1.69. The molecular formula is C28H31FN2O3S. The molecule has 0 N–H and O–H groups in total. The smallest absolute Gasteiger partial charge is 0.254 e. The number of carbonyl (C=O) groups is 2. The van der Waals surface area contributed by atoms with E-state index in [0.29, 0.717) is 13.2 Å². The molecule has 2 aromatic carbocycles. The third-order valence-corrected chi connectivity index (χ3v) is 7.26. The summed E-state index contributed by atoms with van der Waals surface area (Å²) in [5, 5.41) is 2.05. The zero-order valence-electron chi connectivity index (χ0n) is 20.6. The SMILES string of the molecule is Cc1ccc(OC[C@@H]2c3ccsc3CCN2C(=O)CN(C(=O)c2cccc(F)c2)C(C)(C)C)cc1. The lowest BCUT2D eigenvalue weighted by molar-refractivity contribution is -0.136. The first kappa shape index (κ1) is 24.9. The lowest BCUT2D eigenvalue weighted by atomic mass is 9.99. The molecule has 5 nitrogen and oxygen atoms in total. The fraction of sp³-hybridized carbons (Fsp3) is 0.357. The fourth-order valence-corrected chi connectivity index (χ4v) is 5.23. The van der Waals surface area contributed by atoms with Crippen LogP contribution in [-0.2, 0) is 11.2 Å². The van der Waals surface area contributed by atoms with Crippen LogP contribution in [0.15, 0.2) is 60.0 Å². The zero-order valence-corrected chi connectivity index (χ0v) is 21.4. The van der Waals surface area contributed by atoms with Gasteiger partial charge >= 0.3 is 0 Å². The third-order valence-electron chi connectivity index (χ3n) is 6.26. The Labute approximate surface area is 210 Å². The van der Waals surface area contributed by atoms with Crippen LogP contribution in [0.3, 0.4) is 0 Å². The Kier molecular flexibility index (Phi) is 7.26. The molecule has 7 heteroatoms. The first-order chi connectivity index (χ1) is 16.6. The van der Waals surface area contributed by atoms with Gasteiger partial charge in [-0.15, -0.1) is 11.3 Å². The molecule has 0 bridgehead atoms. The summed E-state index contributed by atoms with van der Waals surface area (Å²) in [5.41, 5.74) is 1.85. The highest BCUT2D eigenvalue weighted by atomic mass is 32.1. The van der Waals surface area contributed by atoms with E-state index < -0.39 is 11.4 Å². The Morgan fingerprint density at radius 2 is 1.89 bits per heavy atom. The second kappa shape index (κ2) is 10.2. The van der Waals surface area contributed by atoms with Crippen molar-refractivity contribution in [1.29, 1.82) is 0 Å². The van der Waals surface area contributed by atoms with Crippen molar-refractivity contribution in [2.24, 2.45) is 0 Å². The number of amides is 2. The molecule has 2 heterocycles. The van der Waals surface area contributed by atoms with Crippen LogP contribution in [0.5, 0.6) is 5.75 Å². The third kappa shape index (κ3) is 5.73. The summed E-state index contributed by atoms with van der Waals surface area (Å²) in [5.74, 6) is -0.251. The number of thiophene rings is 1. The Morgan fingerprint density at radius 1 is 1.14 bits per heavy atom. The second-order valence-corrected chi connectivity index (χ2v) is 10.8. The van der Waals surface area contributed by atoms with Gasteiger partial charge in [0.15, 0.2) is 0 Å². The summed E-state index contributed by atoms with van der Waals surface area (Å²) in [7, 11) is 0. The van der Waals surface area contributed by atoms with Gasteiger partial charge in [-0.1, -0.05) is 23.8 Å². The molecular weight excluding hydrogens is 463 g/mol. The van der Waals surface area contributed by atoms with Gasteiger partial charge in [0.05, 0.1) is 6.04 Å². The molecule has 4 rings (SSSR count). The van der Waals surface area contributed by atoms with E-state index in [1.165, 1.54) is 28.0 Å². The van der Waals surface area contributed by atoms with Gasteiger partial charge in [-0.2, -0.15) is 0 Å². The Morgan fingerprint density at radius 3 is 2.57 bits per heavy atom. The Bertz CT molecular complexity index is 1200. The second-order valence-electron chi connectivity index (χ2n) is 9.85. The average molecular weight is 495 g/mol. The van der Waals surface area contributed by atoms with Gasteiger partial charge in [-0.25, -0.2) is 4.39 Å². The molecule has 0 aliphatic carbocycles. The maximum atomic E-state index is 13.8. The van der Waals surface area contributed by atoms with E-state index in [1.54, 1.807) is 17.4 Å². The van der Waals surface area contributed by atoms with Crippen LogP contribution < -0.4 is 4.74 Å². The van der Waals surface area contributed by atoms with Crippen molar-refractivity contribution in [1.82, 2.24) is 9.80 Å². The summed E-state index contributed by atoms with van der Waals surface area (Å²) in [6.07, 6.45) is 0.771. The van der Waals surface area contributed by atoms with Crippen molar-refractivity contribution in [3.63, 3.8) is 0 Å². The van der Waals surface area contributed by atoms with E-state index in [-0.39, 0.29) is 30.0 Å². The number of nitrogens with zero attached hydrogens (tertiary/aromatic N) is 2. The number of hydrogen-bond acceptors (Lipinski definition) is 4. The number of halogens is 1. The fourth-order valence-electron chi connectivity index (χ4n) is 4.30. The normalized spacial score (nSPS) is 15.5. The molecule has 0 spiro atoms. The van der Waals surface area contributed by atoms with Gasteiger partial charge in [0, 0.05) is 22.5 Å². The minimum Gasteiger partial charge on any atom is -0.491 e. The van der Waals surface area contributed by atoms with Crippen molar-refractivity contribution >= 4 is 23.2 Å². The van der Waals surface area contributed by atoms with Crippen LogP contribution in [0.2, 0.25) is 0 Å². The molecule has 2 amide bonds. The Hall–Kier alpha value is -3.19. The first-order valence-corrected chi connectivity index (χ1v) is 12.6. The summed E-state index contributed by atoms with van der Waals surface area (Å²) < 4.78 is 19.9. The van der Waals surface area contributed by atoms with E-state index >= 15 is 0 Å². The van der Waals surface area contributed by atoms with E-state index in [0.717, 1.165) is 23.3 Å². The predicted molar refractivity (Wildman–Crippen MR) is 136 cm³/mol. The lowest BCUT2D eigenvalue weighted by Crippen LogP contribution is -2.53. The molecule has 0 fully saturated rings. The number of fused-ring (bicyclic) bond motifs is 1. The van der Waals surface area contributed by atoms with Gasteiger partial charge in [-0.3, -0.25) is 9.59 Å².